The highest BCUT2D eigenvalue weighted by Gasteiger charge is 2.61. The fraction of sp³-hybridized carbons (Fsp3) is 0.630. The van der Waals surface area contributed by atoms with Crippen molar-refractivity contribution in [2.75, 3.05) is 19.1 Å². The van der Waals surface area contributed by atoms with Gasteiger partial charge >= 0.3 is 17.9 Å². The van der Waals surface area contributed by atoms with Crippen molar-refractivity contribution >= 4 is 29.2 Å². The molecule has 1 aliphatic rings. The van der Waals surface area contributed by atoms with Crippen molar-refractivity contribution in [3.63, 3.8) is 0 Å². The summed E-state index contributed by atoms with van der Waals surface area (Å²) in [6.07, 6.45) is -2.74. The van der Waals surface area contributed by atoms with Gasteiger partial charge in [-0.3, -0.25) is 19.7 Å². The summed E-state index contributed by atoms with van der Waals surface area (Å²) in [4.78, 5) is 41.8. The van der Waals surface area contributed by atoms with Gasteiger partial charge < -0.3 is 29.4 Å². The van der Waals surface area contributed by atoms with Crippen molar-refractivity contribution in [2.45, 2.75) is 84.5 Å². The van der Waals surface area contributed by atoms with E-state index in [1.165, 1.54) is 10.8 Å². The van der Waals surface area contributed by atoms with Gasteiger partial charge in [-0.15, -0.1) is 0 Å². The number of nitrogens with two attached hydrogens (primary N) is 1. The van der Waals surface area contributed by atoms with Gasteiger partial charge in [-0.2, -0.15) is 10.4 Å². The van der Waals surface area contributed by atoms with Gasteiger partial charge in [0.2, 0.25) is 5.60 Å². The maximum atomic E-state index is 12.8. The first-order valence-electron chi connectivity index (χ1n) is 13.4. The monoisotopic (exact) mass is 574 g/mol. The van der Waals surface area contributed by atoms with Crippen LogP contribution in [0, 0.1) is 23.2 Å². The minimum atomic E-state index is -1.90. The zero-order valence-corrected chi connectivity index (χ0v) is 24.3. The van der Waals surface area contributed by atoms with E-state index >= 15 is 0 Å². The Morgan fingerprint density at radius 3 is 2.37 bits per heavy atom. The van der Waals surface area contributed by atoms with Crippen molar-refractivity contribution in [3.8, 4) is 6.07 Å². The van der Waals surface area contributed by atoms with Crippen molar-refractivity contribution in [2.24, 2.45) is 11.8 Å². The van der Waals surface area contributed by atoms with Crippen molar-refractivity contribution in [1.29, 1.82) is 5.26 Å². The minimum absolute atomic E-state index is 0.162. The Morgan fingerprint density at radius 2 is 1.76 bits per heavy atom. The lowest BCUT2D eigenvalue weighted by atomic mass is 9.95. The maximum Gasteiger partial charge on any atom is 0.323 e. The number of nitrogen functional groups attached to an aromatic ring is 1. The fourth-order valence-electron chi connectivity index (χ4n) is 4.06. The van der Waals surface area contributed by atoms with Crippen LogP contribution in [-0.4, -0.2) is 75.8 Å². The van der Waals surface area contributed by atoms with Crippen LogP contribution in [0.1, 0.15) is 60.3 Å². The standard InChI is InChI=1S/C27H38N6O8/c1-14(2)24(34)39-21-20(18-8-9-19-23(29)30-12-32-33(18)19)41-27(10-28,22(21)40-25(35)15(3)4)11-37-13-31-17(7)26(36)38-16(5)6/h8-9,12,14-17,20-22,31H,11,13H2,1-7H3,(H2,29,30,32)/t17-,20-,21-,22-,27+/m0/s1. The topological polar surface area (TPSA) is 189 Å². The molecule has 3 heterocycles. The highest BCUT2D eigenvalue weighted by molar-refractivity contribution is 5.75. The number of aromatic nitrogens is 3. The fourth-order valence-corrected chi connectivity index (χ4v) is 4.06. The van der Waals surface area contributed by atoms with Gasteiger partial charge in [-0.05, 0) is 32.9 Å². The first kappa shape index (κ1) is 31.7. The molecule has 3 rings (SSSR count). The SMILES string of the molecule is CC(C)OC(=O)[C@H](C)NCOC[C@@]1(C#N)O[C@@H](c2ccc3c(N)ncnn23)[C@H](OC(=O)C(C)C)[C@@H]1OC(=O)C(C)C. The number of nitrogens with one attached hydrogen (secondary N) is 1. The van der Waals surface area contributed by atoms with Crippen LogP contribution in [0.3, 0.4) is 0 Å². The predicted octanol–water partition coefficient (Wildman–Crippen LogP) is 1.68. The lowest BCUT2D eigenvalue weighted by Crippen LogP contribution is -2.50. The number of nitrogens with zero attached hydrogens (tertiary/aromatic N) is 4. The molecule has 0 saturated carbocycles. The third kappa shape index (κ3) is 7.10. The molecule has 3 N–H and O–H groups in total. The van der Waals surface area contributed by atoms with Crippen LogP contribution in [0.15, 0.2) is 18.5 Å². The number of esters is 3. The quantitative estimate of drug-likeness (QED) is 0.161. The van der Waals surface area contributed by atoms with E-state index in [2.05, 4.69) is 21.5 Å². The molecule has 0 aliphatic carbocycles. The minimum Gasteiger partial charge on any atom is -0.462 e. The summed E-state index contributed by atoms with van der Waals surface area (Å²) < 4.78 is 30.3. The number of nitriles is 1. The number of carbonyl (C=O) groups is 3. The molecule has 2 aromatic rings. The highest BCUT2D eigenvalue weighted by atomic mass is 16.7. The number of anilines is 1. The van der Waals surface area contributed by atoms with Gasteiger partial charge in [0.25, 0.3) is 0 Å². The summed E-state index contributed by atoms with van der Waals surface area (Å²) in [6, 6.07) is 4.71. The third-order valence-corrected chi connectivity index (χ3v) is 6.34. The predicted molar refractivity (Wildman–Crippen MR) is 144 cm³/mol. The van der Waals surface area contributed by atoms with E-state index in [4.69, 9.17) is 29.4 Å². The number of hydrogen-bond donors (Lipinski definition) is 2. The zero-order chi connectivity index (χ0) is 30.5. The number of rotatable bonds is 12. The van der Waals surface area contributed by atoms with Crippen molar-refractivity contribution in [3.05, 3.63) is 24.2 Å². The molecule has 1 saturated heterocycles. The maximum absolute atomic E-state index is 12.8. The lowest BCUT2D eigenvalue weighted by Gasteiger charge is -2.29. The molecular weight excluding hydrogens is 536 g/mol. The molecule has 41 heavy (non-hydrogen) atoms. The van der Waals surface area contributed by atoms with Gasteiger partial charge in [-0.1, -0.05) is 27.7 Å². The van der Waals surface area contributed by atoms with Crippen LogP contribution in [0.2, 0.25) is 0 Å². The molecule has 5 atom stereocenters. The molecule has 224 valence electrons. The Balaban J connectivity index is 1.97. The molecule has 0 radical (unpaired) electrons. The Hall–Kier alpha value is -3.80. The van der Waals surface area contributed by atoms with Gasteiger partial charge in [0, 0.05) is 0 Å². The summed E-state index contributed by atoms with van der Waals surface area (Å²) in [5.74, 6) is -2.56. The second kappa shape index (κ2) is 13.2. The summed E-state index contributed by atoms with van der Waals surface area (Å²) >= 11 is 0. The number of ether oxygens (including phenoxy) is 5. The Kier molecular flexibility index (Phi) is 10.2. The van der Waals surface area contributed by atoms with Crippen molar-refractivity contribution in [1.82, 2.24) is 19.9 Å². The van der Waals surface area contributed by atoms with E-state index in [1.54, 1.807) is 60.6 Å². The van der Waals surface area contributed by atoms with Crippen LogP contribution in [0.4, 0.5) is 5.82 Å². The van der Waals surface area contributed by atoms with Gasteiger partial charge in [0.1, 0.15) is 30.1 Å². The van der Waals surface area contributed by atoms with Gasteiger partial charge in [-0.25, -0.2) is 9.50 Å². The van der Waals surface area contributed by atoms with E-state index < -0.39 is 66.3 Å². The van der Waals surface area contributed by atoms with Crippen LogP contribution >= 0.6 is 0 Å². The zero-order valence-electron chi connectivity index (χ0n) is 24.3. The smallest absolute Gasteiger partial charge is 0.323 e. The summed E-state index contributed by atoms with van der Waals surface area (Å²) in [5, 5.41) is 17.5. The van der Waals surface area contributed by atoms with E-state index in [0.717, 1.165) is 0 Å². The summed E-state index contributed by atoms with van der Waals surface area (Å²) in [5.41, 5.74) is 4.96. The average Bonchev–Trinajstić information content (AvgIpc) is 3.46. The molecule has 2 aromatic heterocycles. The Labute approximate surface area is 238 Å². The number of carbonyl (C=O) groups excluding carboxylic acids is 3. The molecule has 1 aliphatic heterocycles. The molecule has 0 amide bonds. The molecule has 14 heteroatoms. The summed E-state index contributed by atoms with van der Waals surface area (Å²) in [6.45, 7) is 11.1. The van der Waals surface area contributed by atoms with Gasteiger partial charge in [0.15, 0.2) is 18.0 Å². The highest BCUT2D eigenvalue weighted by Crippen LogP contribution is 2.44. The summed E-state index contributed by atoms with van der Waals surface area (Å²) in [7, 11) is 0. The molecule has 0 spiro atoms. The van der Waals surface area contributed by atoms with Crippen LogP contribution in [0.25, 0.3) is 5.52 Å². The van der Waals surface area contributed by atoms with E-state index in [0.29, 0.717) is 11.2 Å². The van der Waals surface area contributed by atoms with Crippen molar-refractivity contribution < 1.29 is 38.1 Å². The largest absolute Gasteiger partial charge is 0.462 e. The number of fused-ring (bicyclic) bond motifs is 1. The normalized spacial score (nSPS) is 23.1. The average molecular weight is 575 g/mol. The van der Waals surface area contributed by atoms with E-state index in [1.807, 2.05) is 0 Å². The van der Waals surface area contributed by atoms with Gasteiger partial charge in [0.05, 0.1) is 37.0 Å². The molecule has 0 bridgehead atoms. The molecule has 0 unspecified atom stereocenters. The lowest BCUT2D eigenvalue weighted by molar-refractivity contribution is -0.175. The Bertz CT molecular complexity index is 1290. The van der Waals surface area contributed by atoms with Crippen LogP contribution in [-0.2, 0) is 38.1 Å². The Morgan fingerprint density at radius 1 is 1.10 bits per heavy atom. The van der Waals surface area contributed by atoms with Crippen LogP contribution in [0.5, 0.6) is 0 Å². The molecular formula is C27H38N6O8. The van der Waals surface area contributed by atoms with E-state index in [-0.39, 0.29) is 18.7 Å². The molecule has 14 nitrogen and oxygen atoms in total. The first-order valence-corrected chi connectivity index (χ1v) is 13.4. The second-order valence-corrected chi connectivity index (χ2v) is 10.7. The molecule has 1 fully saturated rings. The van der Waals surface area contributed by atoms with E-state index in [9.17, 15) is 19.6 Å². The first-order chi connectivity index (χ1) is 19.3. The van der Waals surface area contributed by atoms with Crippen LogP contribution < -0.4 is 11.1 Å². The number of hydrogen-bond acceptors (Lipinski definition) is 13. The molecule has 0 aromatic carbocycles. The third-order valence-electron chi connectivity index (χ3n) is 6.34. The second-order valence-electron chi connectivity index (χ2n) is 10.7.